The molecular formula is C44H46O6S. The highest BCUT2D eigenvalue weighted by molar-refractivity contribution is 8.00. The fourth-order valence-corrected chi connectivity index (χ4v) is 7.48. The summed E-state index contributed by atoms with van der Waals surface area (Å²) in [5.41, 5.74) is 4.20. The van der Waals surface area contributed by atoms with Crippen LogP contribution in [0.25, 0.3) is 0 Å². The third-order valence-corrected chi connectivity index (χ3v) is 10.1. The van der Waals surface area contributed by atoms with Gasteiger partial charge in [0.1, 0.15) is 41.4 Å². The van der Waals surface area contributed by atoms with Crippen molar-refractivity contribution >= 4 is 11.8 Å². The zero-order chi connectivity index (χ0) is 35.4. The zero-order valence-electron chi connectivity index (χ0n) is 29.4. The summed E-state index contributed by atoms with van der Waals surface area (Å²) >= 11 is 1.67. The van der Waals surface area contributed by atoms with Crippen molar-refractivity contribution in [2.45, 2.75) is 75.0 Å². The van der Waals surface area contributed by atoms with Gasteiger partial charge in [0.15, 0.2) is 0 Å². The molecule has 0 aliphatic heterocycles. The Balaban J connectivity index is 1.43. The molecule has 0 bridgehead atoms. The summed E-state index contributed by atoms with van der Waals surface area (Å²) in [4.78, 5) is 1.05. The summed E-state index contributed by atoms with van der Waals surface area (Å²) in [6.07, 6.45) is -2.50. The van der Waals surface area contributed by atoms with E-state index in [1.807, 2.05) is 129 Å². The largest absolute Gasteiger partial charge is 0.466 e. The molecule has 0 unspecified atom stereocenters. The van der Waals surface area contributed by atoms with Gasteiger partial charge in [0.2, 0.25) is 0 Å². The Hall–Kier alpha value is -4.37. The lowest BCUT2D eigenvalue weighted by Gasteiger charge is -2.38. The quantitative estimate of drug-likeness (QED) is 0.0894. The van der Waals surface area contributed by atoms with Crippen LogP contribution in [0.15, 0.2) is 153 Å². The molecule has 2 aromatic heterocycles. The van der Waals surface area contributed by atoms with E-state index in [4.69, 9.17) is 23.0 Å². The van der Waals surface area contributed by atoms with Crippen molar-refractivity contribution in [1.29, 1.82) is 0 Å². The van der Waals surface area contributed by atoms with Gasteiger partial charge >= 0.3 is 0 Å². The third-order valence-electron chi connectivity index (χ3n) is 8.75. The monoisotopic (exact) mass is 702 g/mol. The number of hydrogen-bond acceptors (Lipinski definition) is 7. The number of aryl methyl sites for hydroxylation is 3. The average Bonchev–Trinajstić information content (AvgIpc) is 3.79. The van der Waals surface area contributed by atoms with Gasteiger partial charge in [0.25, 0.3) is 0 Å². The van der Waals surface area contributed by atoms with Crippen LogP contribution in [0.2, 0.25) is 0 Å². The standard InChI is InChI=1S/C44H46O6S/c1-31-19-23-37(24-20-31)51-44(41(39-25-21-32(2)49-39)40-26-22-33(3)50-40)43(48-29-36-17-11-6-12-18-36)42(47-28-35-15-9-5-10-16-35)38(45)30-46-27-34-13-7-4-8-14-34/h4-26,38,41-45H,27-30H2,1-3H3/t38-,42+,43+,44-/m0/s1. The van der Waals surface area contributed by atoms with Crippen molar-refractivity contribution in [3.63, 3.8) is 0 Å². The first kappa shape index (κ1) is 36.4. The summed E-state index contributed by atoms with van der Waals surface area (Å²) in [6.45, 7) is 6.96. The molecule has 0 saturated carbocycles. The first-order valence-corrected chi connectivity index (χ1v) is 18.3. The number of benzene rings is 4. The van der Waals surface area contributed by atoms with E-state index >= 15 is 0 Å². The van der Waals surface area contributed by atoms with E-state index in [2.05, 4.69) is 31.2 Å². The van der Waals surface area contributed by atoms with E-state index in [9.17, 15) is 5.11 Å². The topological polar surface area (TPSA) is 74.2 Å². The molecule has 6 rings (SSSR count). The molecule has 0 fully saturated rings. The normalized spacial score (nSPS) is 14.0. The second-order valence-corrected chi connectivity index (χ2v) is 14.1. The van der Waals surface area contributed by atoms with Crippen molar-refractivity contribution in [2.75, 3.05) is 6.61 Å². The second kappa shape index (κ2) is 18.2. The molecule has 0 spiro atoms. The molecule has 4 aromatic carbocycles. The van der Waals surface area contributed by atoms with Gasteiger partial charge in [0, 0.05) is 4.90 Å². The lowest BCUT2D eigenvalue weighted by molar-refractivity contribution is -0.148. The van der Waals surface area contributed by atoms with E-state index in [1.165, 1.54) is 5.56 Å². The fraction of sp³-hybridized carbons (Fsp3) is 0.273. The number of aliphatic hydroxyl groups excluding tert-OH is 1. The predicted molar refractivity (Wildman–Crippen MR) is 202 cm³/mol. The van der Waals surface area contributed by atoms with Gasteiger partial charge in [-0.1, -0.05) is 109 Å². The molecule has 0 amide bonds. The van der Waals surface area contributed by atoms with Crippen molar-refractivity contribution in [3.05, 3.63) is 185 Å². The Morgan fingerprint density at radius 1 is 0.549 bits per heavy atom. The van der Waals surface area contributed by atoms with Gasteiger partial charge in [-0.3, -0.25) is 0 Å². The molecule has 0 radical (unpaired) electrons. The molecule has 0 saturated heterocycles. The number of aliphatic hydroxyl groups is 1. The number of hydrogen-bond donors (Lipinski definition) is 1. The number of ether oxygens (including phenoxy) is 3. The number of rotatable bonds is 18. The molecule has 0 aliphatic carbocycles. The van der Waals surface area contributed by atoms with Gasteiger partial charge in [-0.15, -0.1) is 11.8 Å². The van der Waals surface area contributed by atoms with E-state index in [0.29, 0.717) is 13.2 Å². The van der Waals surface area contributed by atoms with Crippen LogP contribution in [-0.4, -0.2) is 35.3 Å². The molecule has 51 heavy (non-hydrogen) atoms. The van der Waals surface area contributed by atoms with Crippen LogP contribution in [-0.2, 0) is 34.0 Å². The van der Waals surface area contributed by atoms with Crippen LogP contribution < -0.4 is 0 Å². The summed E-state index contributed by atoms with van der Waals surface area (Å²) < 4.78 is 32.7. The smallest absolute Gasteiger partial charge is 0.116 e. The Kier molecular flexibility index (Phi) is 13.0. The molecule has 4 atom stereocenters. The third kappa shape index (κ3) is 10.3. The molecule has 264 valence electrons. The second-order valence-electron chi connectivity index (χ2n) is 12.9. The maximum absolute atomic E-state index is 12.1. The lowest BCUT2D eigenvalue weighted by Crippen LogP contribution is -2.50. The number of furan rings is 2. The zero-order valence-corrected chi connectivity index (χ0v) is 30.2. The van der Waals surface area contributed by atoms with Crippen LogP contribution in [0.5, 0.6) is 0 Å². The average molecular weight is 703 g/mol. The number of thioether (sulfide) groups is 1. The van der Waals surface area contributed by atoms with Crippen molar-refractivity contribution in [1.82, 2.24) is 0 Å². The lowest BCUT2D eigenvalue weighted by atomic mass is 9.91. The summed E-state index contributed by atoms with van der Waals surface area (Å²) in [6, 6.07) is 46.5. The van der Waals surface area contributed by atoms with Crippen molar-refractivity contribution in [3.8, 4) is 0 Å². The van der Waals surface area contributed by atoms with E-state index in [0.717, 1.165) is 44.6 Å². The van der Waals surface area contributed by atoms with Crippen molar-refractivity contribution < 1.29 is 28.2 Å². The predicted octanol–water partition coefficient (Wildman–Crippen LogP) is 9.84. The maximum atomic E-state index is 12.1. The van der Waals surface area contributed by atoms with E-state index in [1.54, 1.807) is 11.8 Å². The van der Waals surface area contributed by atoms with Gasteiger partial charge in [-0.05, 0) is 73.9 Å². The molecule has 7 heteroatoms. The highest BCUT2D eigenvalue weighted by Crippen LogP contribution is 2.44. The highest BCUT2D eigenvalue weighted by atomic mass is 32.2. The minimum absolute atomic E-state index is 0.0475. The van der Waals surface area contributed by atoms with E-state index in [-0.39, 0.29) is 24.4 Å². The summed E-state index contributed by atoms with van der Waals surface area (Å²) in [7, 11) is 0. The molecule has 6 aromatic rings. The van der Waals surface area contributed by atoms with Gasteiger partial charge in [-0.2, -0.15) is 0 Å². The molecule has 1 N–H and O–H groups in total. The van der Waals surface area contributed by atoms with Crippen molar-refractivity contribution in [2.24, 2.45) is 0 Å². The SMILES string of the molecule is Cc1ccc(S[C@@H](C(c2ccc(C)o2)c2ccc(C)o2)[C@H](OCc2ccccc2)[C@H](OCc2ccccc2)[C@@H](O)COCc2ccccc2)cc1. The van der Waals surface area contributed by atoms with Gasteiger partial charge in [0.05, 0.1) is 37.6 Å². The van der Waals surface area contributed by atoms with Crippen LogP contribution in [0.4, 0.5) is 0 Å². The van der Waals surface area contributed by atoms with Crippen LogP contribution in [0.1, 0.15) is 51.2 Å². The molecule has 6 nitrogen and oxygen atoms in total. The van der Waals surface area contributed by atoms with Crippen LogP contribution in [0, 0.1) is 20.8 Å². The minimum Gasteiger partial charge on any atom is -0.466 e. The molecule has 0 aliphatic rings. The van der Waals surface area contributed by atoms with E-state index < -0.39 is 18.3 Å². The Morgan fingerprint density at radius 2 is 1.02 bits per heavy atom. The van der Waals surface area contributed by atoms with Crippen LogP contribution in [0.3, 0.4) is 0 Å². The first-order chi connectivity index (χ1) is 24.9. The Labute approximate surface area is 305 Å². The highest BCUT2D eigenvalue weighted by Gasteiger charge is 2.44. The van der Waals surface area contributed by atoms with Gasteiger partial charge in [-0.25, -0.2) is 0 Å². The Morgan fingerprint density at radius 3 is 1.49 bits per heavy atom. The Bertz CT molecular complexity index is 1830. The summed E-state index contributed by atoms with van der Waals surface area (Å²) in [5.74, 6) is 2.70. The minimum atomic E-state index is -1.03. The molecular weight excluding hydrogens is 657 g/mol. The fourth-order valence-electron chi connectivity index (χ4n) is 6.11. The molecule has 2 heterocycles. The van der Waals surface area contributed by atoms with Crippen LogP contribution >= 0.6 is 11.8 Å². The maximum Gasteiger partial charge on any atom is 0.116 e. The first-order valence-electron chi connectivity index (χ1n) is 17.4. The summed E-state index contributed by atoms with van der Waals surface area (Å²) in [5, 5.41) is 11.8. The van der Waals surface area contributed by atoms with Gasteiger partial charge < -0.3 is 28.2 Å².